The third kappa shape index (κ3) is 5.11. The lowest BCUT2D eigenvalue weighted by Gasteiger charge is -2.12. The SMILES string of the molecule is O=C(O)c1cnn(Cc2nc(-c3cc(OCc4cccnc4)cc(C(F)(F)F)c3)cs2)c1. The summed E-state index contributed by atoms with van der Waals surface area (Å²) in [6, 6.07) is 6.95. The summed E-state index contributed by atoms with van der Waals surface area (Å²) in [4.78, 5) is 19.3. The Morgan fingerprint density at radius 2 is 2.06 bits per heavy atom. The third-order valence-corrected chi connectivity index (χ3v) is 5.22. The number of carboxylic acids is 1. The van der Waals surface area contributed by atoms with Crippen molar-refractivity contribution < 1.29 is 27.8 Å². The molecule has 7 nitrogen and oxygen atoms in total. The molecule has 1 aromatic carbocycles. The van der Waals surface area contributed by atoms with Crippen molar-refractivity contribution in [1.29, 1.82) is 0 Å². The first-order valence-corrected chi connectivity index (χ1v) is 10.1. The Labute approximate surface area is 183 Å². The van der Waals surface area contributed by atoms with Crippen LogP contribution in [0.15, 0.2) is 60.5 Å². The van der Waals surface area contributed by atoms with Gasteiger partial charge in [0.25, 0.3) is 0 Å². The van der Waals surface area contributed by atoms with Gasteiger partial charge in [0, 0.05) is 35.1 Å². The molecule has 164 valence electrons. The average Bonchev–Trinajstić information content (AvgIpc) is 3.42. The summed E-state index contributed by atoms with van der Waals surface area (Å²) in [7, 11) is 0. The summed E-state index contributed by atoms with van der Waals surface area (Å²) in [5.74, 6) is -1.04. The van der Waals surface area contributed by atoms with Crippen molar-refractivity contribution in [2.75, 3.05) is 0 Å². The molecular formula is C21H15F3N4O3S. The zero-order valence-corrected chi connectivity index (χ0v) is 17.1. The van der Waals surface area contributed by atoms with E-state index >= 15 is 0 Å². The van der Waals surface area contributed by atoms with E-state index in [2.05, 4.69) is 15.1 Å². The van der Waals surface area contributed by atoms with Gasteiger partial charge >= 0.3 is 12.1 Å². The number of carbonyl (C=O) groups is 1. The Kier molecular flexibility index (Phi) is 5.91. The first-order valence-electron chi connectivity index (χ1n) is 9.22. The van der Waals surface area contributed by atoms with Crippen LogP contribution in [-0.2, 0) is 19.3 Å². The molecule has 4 rings (SSSR count). The van der Waals surface area contributed by atoms with Crippen LogP contribution in [0, 0.1) is 0 Å². The van der Waals surface area contributed by atoms with Crippen LogP contribution in [-0.4, -0.2) is 30.8 Å². The minimum Gasteiger partial charge on any atom is -0.489 e. The van der Waals surface area contributed by atoms with E-state index in [-0.39, 0.29) is 30.0 Å². The molecule has 11 heteroatoms. The van der Waals surface area contributed by atoms with E-state index in [1.807, 2.05) is 0 Å². The highest BCUT2D eigenvalue weighted by atomic mass is 32.1. The van der Waals surface area contributed by atoms with Crippen molar-refractivity contribution in [3.05, 3.63) is 82.2 Å². The van der Waals surface area contributed by atoms with Crippen LogP contribution in [0.1, 0.15) is 26.5 Å². The zero-order chi connectivity index (χ0) is 22.7. The van der Waals surface area contributed by atoms with Gasteiger partial charge in [0.1, 0.15) is 17.4 Å². The smallest absolute Gasteiger partial charge is 0.416 e. The Morgan fingerprint density at radius 1 is 1.22 bits per heavy atom. The number of alkyl halides is 3. The quantitative estimate of drug-likeness (QED) is 0.428. The molecule has 0 amide bonds. The van der Waals surface area contributed by atoms with Gasteiger partial charge in [-0.2, -0.15) is 18.3 Å². The zero-order valence-electron chi connectivity index (χ0n) is 16.3. The monoisotopic (exact) mass is 460 g/mol. The van der Waals surface area contributed by atoms with Crippen LogP contribution in [0.5, 0.6) is 5.75 Å². The molecule has 32 heavy (non-hydrogen) atoms. The predicted molar refractivity (Wildman–Crippen MR) is 109 cm³/mol. The van der Waals surface area contributed by atoms with Gasteiger partial charge in [-0.1, -0.05) is 6.07 Å². The number of nitrogens with zero attached hydrogens (tertiary/aromatic N) is 4. The fraction of sp³-hybridized carbons (Fsp3) is 0.143. The van der Waals surface area contributed by atoms with E-state index in [9.17, 15) is 18.0 Å². The van der Waals surface area contributed by atoms with Crippen LogP contribution >= 0.6 is 11.3 Å². The average molecular weight is 460 g/mol. The van der Waals surface area contributed by atoms with Gasteiger partial charge in [0.05, 0.1) is 29.6 Å². The molecule has 0 aliphatic rings. The number of rotatable bonds is 7. The van der Waals surface area contributed by atoms with Crippen molar-refractivity contribution in [3.63, 3.8) is 0 Å². The molecule has 0 atom stereocenters. The number of pyridine rings is 1. The Hall–Kier alpha value is -3.73. The highest BCUT2D eigenvalue weighted by molar-refractivity contribution is 7.09. The van der Waals surface area contributed by atoms with Crippen LogP contribution < -0.4 is 4.74 Å². The van der Waals surface area contributed by atoms with Gasteiger partial charge in [-0.05, 0) is 24.3 Å². The van der Waals surface area contributed by atoms with Crippen LogP contribution in [0.25, 0.3) is 11.3 Å². The number of hydrogen-bond donors (Lipinski definition) is 1. The predicted octanol–water partition coefficient (Wildman–Crippen LogP) is 4.75. The molecule has 0 unspecified atom stereocenters. The van der Waals surface area contributed by atoms with Gasteiger partial charge in [0.2, 0.25) is 0 Å². The van der Waals surface area contributed by atoms with Gasteiger partial charge in [-0.25, -0.2) is 9.78 Å². The Balaban J connectivity index is 1.58. The minimum absolute atomic E-state index is 0.0371. The lowest BCUT2D eigenvalue weighted by Crippen LogP contribution is -2.06. The summed E-state index contributed by atoms with van der Waals surface area (Å²) in [6.45, 7) is 0.267. The maximum Gasteiger partial charge on any atom is 0.416 e. The number of carboxylic acid groups (broad SMARTS) is 1. The molecule has 0 spiro atoms. The normalized spacial score (nSPS) is 11.5. The summed E-state index contributed by atoms with van der Waals surface area (Å²) in [6.07, 6.45) is 1.20. The molecule has 0 aliphatic heterocycles. The summed E-state index contributed by atoms with van der Waals surface area (Å²) >= 11 is 1.24. The van der Waals surface area contributed by atoms with Gasteiger partial charge in [-0.3, -0.25) is 9.67 Å². The van der Waals surface area contributed by atoms with E-state index in [4.69, 9.17) is 9.84 Å². The molecule has 0 aliphatic carbocycles. The number of halogens is 3. The second-order valence-electron chi connectivity index (χ2n) is 6.75. The maximum absolute atomic E-state index is 13.4. The van der Waals surface area contributed by atoms with Gasteiger partial charge in [0.15, 0.2) is 0 Å². The van der Waals surface area contributed by atoms with Crippen molar-refractivity contribution in [2.24, 2.45) is 0 Å². The second-order valence-corrected chi connectivity index (χ2v) is 7.69. The fourth-order valence-electron chi connectivity index (χ4n) is 2.86. The molecule has 0 radical (unpaired) electrons. The lowest BCUT2D eigenvalue weighted by molar-refractivity contribution is -0.137. The third-order valence-electron chi connectivity index (χ3n) is 4.39. The molecule has 3 heterocycles. The van der Waals surface area contributed by atoms with Gasteiger partial charge in [-0.15, -0.1) is 11.3 Å². The topological polar surface area (TPSA) is 90.1 Å². The van der Waals surface area contributed by atoms with E-state index in [1.54, 1.807) is 29.9 Å². The highest BCUT2D eigenvalue weighted by Gasteiger charge is 2.32. The summed E-state index contributed by atoms with van der Waals surface area (Å²) in [5, 5.41) is 15.1. The van der Waals surface area contributed by atoms with E-state index < -0.39 is 17.7 Å². The largest absolute Gasteiger partial charge is 0.489 e. The molecule has 4 aromatic rings. The summed E-state index contributed by atoms with van der Waals surface area (Å²) < 4.78 is 47.3. The highest BCUT2D eigenvalue weighted by Crippen LogP contribution is 2.36. The Morgan fingerprint density at radius 3 is 2.75 bits per heavy atom. The summed E-state index contributed by atoms with van der Waals surface area (Å²) in [5.41, 5.74) is 0.532. The molecule has 0 saturated heterocycles. The number of aromatic carboxylic acids is 1. The molecule has 0 saturated carbocycles. The molecule has 1 N–H and O–H groups in total. The molecular weight excluding hydrogens is 445 g/mol. The standard InChI is InChI=1S/C21H15F3N4O3S/c22-21(23,24)16-4-14(5-17(6-16)31-11-13-2-1-3-25-7-13)18-12-32-19(27-18)10-28-9-15(8-26-28)20(29)30/h1-9,12H,10-11H2,(H,29,30). The van der Waals surface area contributed by atoms with E-state index in [0.29, 0.717) is 10.7 Å². The van der Waals surface area contributed by atoms with Crippen molar-refractivity contribution in [2.45, 2.75) is 19.3 Å². The fourth-order valence-corrected chi connectivity index (χ4v) is 3.65. The van der Waals surface area contributed by atoms with Gasteiger partial charge < -0.3 is 9.84 Å². The number of hydrogen-bond acceptors (Lipinski definition) is 6. The van der Waals surface area contributed by atoms with Crippen molar-refractivity contribution >= 4 is 17.3 Å². The number of ether oxygens (including phenoxy) is 1. The minimum atomic E-state index is -4.55. The van der Waals surface area contributed by atoms with Crippen LogP contribution in [0.3, 0.4) is 0 Å². The van der Waals surface area contributed by atoms with Crippen LogP contribution in [0.4, 0.5) is 13.2 Å². The first kappa shape index (κ1) is 21.5. The molecule has 0 fully saturated rings. The number of thiazole rings is 1. The van der Waals surface area contributed by atoms with Crippen LogP contribution in [0.2, 0.25) is 0 Å². The molecule has 3 aromatic heterocycles. The lowest BCUT2D eigenvalue weighted by atomic mass is 10.1. The Bertz CT molecular complexity index is 1240. The first-order chi connectivity index (χ1) is 15.3. The van der Waals surface area contributed by atoms with Crippen molar-refractivity contribution in [3.8, 4) is 17.0 Å². The maximum atomic E-state index is 13.4. The van der Waals surface area contributed by atoms with Crippen molar-refractivity contribution in [1.82, 2.24) is 19.7 Å². The molecule has 0 bridgehead atoms. The number of aromatic nitrogens is 4. The van der Waals surface area contributed by atoms with E-state index in [0.717, 1.165) is 17.7 Å². The van der Waals surface area contributed by atoms with E-state index in [1.165, 1.54) is 34.5 Å². The second kappa shape index (κ2) is 8.79. The number of benzene rings is 1.